The number of rotatable bonds is 5. The van der Waals surface area contributed by atoms with Crippen molar-refractivity contribution in [1.29, 1.82) is 0 Å². The Labute approximate surface area is 153 Å². The molecule has 0 saturated carbocycles. The summed E-state index contributed by atoms with van der Waals surface area (Å²) in [7, 11) is 0.327. The molecule has 142 valence electrons. The SMILES string of the molecule is CN=C(NCc1ccn(C)c1)N1CCN(S(=O)(=O)Cc2ccon2)CC1. The van der Waals surface area contributed by atoms with Gasteiger partial charge in [0.2, 0.25) is 10.0 Å². The molecule has 0 atom stereocenters. The van der Waals surface area contributed by atoms with E-state index in [1.807, 2.05) is 17.8 Å². The molecule has 1 saturated heterocycles. The van der Waals surface area contributed by atoms with Gasteiger partial charge in [0.1, 0.15) is 12.0 Å². The molecule has 26 heavy (non-hydrogen) atoms. The van der Waals surface area contributed by atoms with Crippen LogP contribution < -0.4 is 5.32 Å². The Morgan fingerprint density at radius 1 is 1.31 bits per heavy atom. The highest BCUT2D eigenvalue weighted by molar-refractivity contribution is 7.88. The fourth-order valence-corrected chi connectivity index (χ4v) is 4.37. The zero-order chi connectivity index (χ0) is 18.6. The molecule has 1 aliphatic rings. The second-order valence-electron chi connectivity index (χ2n) is 6.22. The van der Waals surface area contributed by atoms with Crippen molar-refractivity contribution in [2.75, 3.05) is 33.2 Å². The highest BCUT2D eigenvalue weighted by Crippen LogP contribution is 2.13. The van der Waals surface area contributed by atoms with Gasteiger partial charge in [-0.25, -0.2) is 8.42 Å². The second-order valence-corrected chi connectivity index (χ2v) is 8.19. The second kappa shape index (κ2) is 7.92. The third kappa shape index (κ3) is 4.44. The summed E-state index contributed by atoms with van der Waals surface area (Å²) in [6.07, 6.45) is 5.43. The molecule has 0 aliphatic carbocycles. The van der Waals surface area contributed by atoms with E-state index >= 15 is 0 Å². The molecule has 0 radical (unpaired) electrons. The highest BCUT2D eigenvalue weighted by Gasteiger charge is 2.28. The van der Waals surface area contributed by atoms with Crippen LogP contribution in [-0.4, -0.2) is 66.5 Å². The van der Waals surface area contributed by atoms with Crippen LogP contribution in [0, 0.1) is 0 Å². The van der Waals surface area contributed by atoms with E-state index in [-0.39, 0.29) is 5.75 Å². The molecule has 3 heterocycles. The Balaban J connectivity index is 1.53. The monoisotopic (exact) mass is 380 g/mol. The quantitative estimate of drug-likeness (QED) is 0.590. The molecular formula is C16H24N6O3S. The molecule has 3 rings (SSSR count). The number of guanidine groups is 1. The van der Waals surface area contributed by atoms with E-state index in [4.69, 9.17) is 4.52 Å². The van der Waals surface area contributed by atoms with Crippen LogP contribution in [0.1, 0.15) is 11.3 Å². The smallest absolute Gasteiger partial charge is 0.220 e. The zero-order valence-corrected chi connectivity index (χ0v) is 15.8. The number of nitrogens with one attached hydrogen (secondary N) is 1. The summed E-state index contributed by atoms with van der Waals surface area (Å²) >= 11 is 0. The van der Waals surface area contributed by atoms with E-state index in [1.54, 1.807) is 13.1 Å². The van der Waals surface area contributed by atoms with Gasteiger partial charge in [0.05, 0.1) is 5.69 Å². The van der Waals surface area contributed by atoms with Crippen LogP contribution in [0.25, 0.3) is 0 Å². The number of nitrogens with zero attached hydrogens (tertiary/aromatic N) is 5. The number of piperazine rings is 1. The average molecular weight is 380 g/mol. The molecule has 0 unspecified atom stereocenters. The van der Waals surface area contributed by atoms with Crippen molar-refractivity contribution in [3.63, 3.8) is 0 Å². The van der Waals surface area contributed by atoms with Crippen molar-refractivity contribution in [2.45, 2.75) is 12.3 Å². The largest absolute Gasteiger partial charge is 0.364 e. The lowest BCUT2D eigenvalue weighted by atomic mass is 10.3. The Morgan fingerprint density at radius 2 is 2.08 bits per heavy atom. The van der Waals surface area contributed by atoms with Gasteiger partial charge >= 0.3 is 0 Å². The van der Waals surface area contributed by atoms with Gasteiger partial charge < -0.3 is 19.3 Å². The summed E-state index contributed by atoms with van der Waals surface area (Å²) in [5, 5.41) is 7.02. The standard InChI is InChI=1S/C16H24N6O3S/c1-17-16(18-11-14-3-5-20(2)12-14)21-6-8-22(9-7-21)26(23,24)13-15-4-10-25-19-15/h3-5,10,12H,6-9,11,13H2,1-2H3,(H,17,18). The first-order valence-electron chi connectivity index (χ1n) is 8.41. The summed E-state index contributed by atoms with van der Waals surface area (Å²) in [6, 6.07) is 3.62. The van der Waals surface area contributed by atoms with E-state index in [9.17, 15) is 8.42 Å². The van der Waals surface area contributed by atoms with E-state index in [0.29, 0.717) is 38.4 Å². The van der Waals surface area contributed by atoms with Crippen LogP contribution in [-0.2, 0) is 29.4 Å². The highest BCUT2D eigenvalue weighted by atomic mass is 32.2. The lowest BCUT2D eigenvalue weighted by molar-refractivity contribution is 0.259. The van der Waals surface area contributed by atoms with Crippen molar-refractivity contribution in [3.05, 3.63) is 42.0 Å². The first-order chi connectivity index (χ1) is 12.5. The van der Waals surface area contributed by atoms with Crippen LogP contribution in [0.4, 0.5) is 0 Å². The maximum Gasteiger partial charge on any atom is 0.220 e. The number of hydrogen-bond donors (Lipinski definition) is 1. The minimum absolute atomic E-state index is 0.134. The number of aliphatic imine (C=N–C) groups is 1. The fourth-order valence-electron chi connectivity index (χ4n) is 2.95. The van der Waals surface area contributed by atoms with Crippen molar-refractivity contribution in [2.24, 2.45) is 12.0 Å². The van der Waals surface area contributed by atoms with Gasteiger partial charge in [0.25, 0.3) is 0 Å². The number of aryl methyl sites for hydroxylation is 1. The topological polar surface area (TPSA) is 96.0 Å². The molecule has 0 bridgehead atoms. The number of sulfonamides is 1. The average Bonchev–Trinajstić information content (AvgIpc) is 3.27. The Morgan fingerprint density at radius 3 is 2.65 bits per heavy atom. The first kappa shape index (κ1) is 18.5. The maximum absolute atomic E-state index is 12.5. The molecule has 2 aromatic heterocycles. The number of aromatic nitrogens is 2. The van der Waals surface area contributed by atoms with Crippen molar-refractivity contribution in [1.82, 2.24) is 24.2 Å². The van der Waals surface area contributed by atoms with Crippen LogP contribution in [0.3, 0.4) is 0 Å². The van der Waals surface area contributed by atoms with Gasteiger partial charge in [-0.2, -0.15) is 4.31 Å². The Kier molecular flexibility index (Phi) is 5.62. The lowest BCUT2D eigenvalue weighted by Gasteiger charge is -2.35. The molecule has 9 nitrogen and oxygen atoms in total. The normalized spacial score (nSPS) is 16.8. The maximum atomic E-state index is 12.5. The molecule has 0 aromatic carbocycles. The van der Waals surface area contributed by atoms with Gasteiger partial charge in [0, 0.05) is 65.3 Å². The van der Waals surface area contributed by atoms with Gasteiger partial charge in [-0.1, -0.05) is 5.16 Å². The van der Waals surface area contributed by atoms with Gasteiger partial charge in [0.15, 0.2) is 5.96 Å². The predicted molar refractivity (Wildman–Crippen MR) is 97.9 cm³/mol. The molecule has 1 fully saturated rings. The van der Waals surface area contributed by atoms with E-state index < -0.39 is 10.0 Å². The summed E-state index contributed by atoms with van der Waals surface area (Å²) < 4.78 is 33.2. The van der Waals surface area contributed by atoms with Crippen LogP contribution in [0.5, 0.6) is 0 Å². The minimum Gasteiger partial charge on any atom is -0.364 e. The Bertz CT molecular complexity index is 835. The molecule has 1 N–H and O–H groups in total. The molecule has 0 spiro atoms. The van der Waals surface area contributed by atoms with Crippen LogP contribution >= 0.6 is 0 Å². The summed E-state index contributed by atoms with van der Waals surface area (Å²) in [5.74, 6) is 0.646. The third-order valence-corrected chi connectivity index (χ3v) is 6.12. The van der Waals surface area contributed by atoms with Crippen molar-refractivity contribution < 1.29 is 12.9 Å². The van der Waals surface area contributed by atoms with Gasteiger partial charge in [-0.05, 0) is 11.6 Å². The minimum atomic E-state index is -3.39. The van der Waals surface area contributed by atoms with E-state index in [2.05, 4.69) is 32.6 Å². The van der Waals surface area contributed by atoms with E-state index in [1.165, 1.54) is 16.1 Å². The number of hydrogen-bond acceptors (Lipinski definition) is 5. The predicted octanol–water partition coefficient (Wildman–Crippen LogP) is 0.236. The van der Waals surface area contributed by atoms with Gasteiger partial charge in [-0.15, -0.1) is 0 Å². The first-order valence-corrected chi connectivity index (χ1v) is 10.0. The molecule has 10 heteroatoms. The third-order valence-electron chi connectivity index (χ3n) is 4.31. The lowest BCUT2D eigenvalue weighted by Crippen LogP contribution is -2.53. The summed E-state index contributed by atoms with van der Waals surface area (Å²) in [6.45, 7) is 2.70. The van der Waals surface area contributed by atoms with Crippen LogP contribution in [0.2, 0.25) is 0 Å². The molecular weight excluding hydrogens is 356 g/mol. The van der Waals surface area contributed by atoms with Crippen molar-refractivity contribution >= 4 is 16.0 Å². The van der Waals surface area contributed by atoms with Crippen molar-refractivity contribution in [3.8, 4) is 0 Å². The molecule has 0 amide bonds. The molecule has 2 aromatic rings. The van der Waals surface area contributed by atoms with E-state index in [0.717, 1.165) is 5.96 Å². The molecule has 1 aliphatic heterocycles. The summed E-state index contributed by atoms with van der Waals surface area (Å²) in [4.78, 5) is 6.39. The summed E-state index contributed by atoms with van der Waals surface area (Å²) in [5.41, 5.74) is 1.59. The zero-order valence-electron chi connectivity index (χ0n) is 15.0. The fraction of sp³-hybridized carbons (Fsp3) is 0.500. The Hall–Kier alpha value is -2.33. The van der Waals surface area contributed by atoms with Crippen LogP contribution in [0.15, 0.2) is 40.3 Å². The van der Waals surface area contributed by atoms with Gasteiger partial charge in [-0.3, -0.25) is 4.99 Å².